The second-order valence-electron chi connectivity index (χ2n) is 7.26. The van der Waals surface area contributed by atoms with Gasteiger partial charge in [0.2, 0.25) is 5.88 Å². The largest absolute Gasteiger partial charge is 0.534 e. The molecule has 0 aliphatic carbocycles. The predicted octanol–water partition coefficient (Wildman–Crippen LogP) is 4.04. The molecule has 1 atom stereocenters. The maximum absolute atomic E-state index is 14.7. The van der Waals surface area contributed by atoms with Gasteiger partial charge in [-0.1, -0.05) is 17.7 Å². The Hall–Kier alpha value is -3.83. The molecule has 182 valence electrons. The molecular weight excluding hydrogens is 488 g/mol. The normalized spacial score (nSPS) is 15.1. The molecule has 0 radical (unpaired) electrons. The molecule has 2 heterocycles. The summed E-state index contributed by atoms with van der Waals surface area (Å²) in [6.45, 7) is -0.432. The van der Waals surface area contributed by atoms with Crippen molar-refractivity contribution in [3.8, 4) is 11.6 Å². The van der Waals surface area contributed by atoms with Crippen molar-refractivity contribution in [3.63, 3.8) is 0 Å². The topological polar surface area (TPSA) is 100 Å². The van der Waals surface area contributed by atoms with Crippen LogP contribution in [-0.2, 0) is 20.8 Å². The molecule has 0 bridgehead atoms. The van der Waals surface area contributed by atoms with Gasteiger partial charge in [0, 0.05) is 29.4 Å². The van der Waals surface area contributed by atoms with Crippen LogP contribution in [0.2, 0.25) is 5.02 Å². The second-order valence-corrected chi connectivity index (χ2v) is 7.70. The van der Waals surface area contributed by atoms with Crippen LogP contribution in [0.15, 0.2) is 48.9 Å². The molecule has 0 unspecified atom stereocenters. The van der Waals surface area contributed by atoms with E-state index in [1.54, 1.807) is 0 Å². The van der Waals surface area contributed by atoms with Gasteiger partial charge in [-0.2, -0.15) is 0 Å². The summed E-state index contributed by atoms with van der Waals surface area (Å²) >= 11 is 6.22. The van der Waals surface area contributed by atoms with Gasteiger partial charge in [-0.25, -0.2) is 28.3 Å². The third-order valence-corrected chi connectivity index (χ3v) is 5.41. The standard InChI is InChI=1S/C23H18ClF2N3O6/c1-32-20(30)11-33-18-5-2-13(24)10-16(18)22-15-3-4-17(25)21(26)14(15)7-9-29(22)35-23(31)34-19-6-8-27-12-28-19/h2-6,8,10,12,22H,7,9,11H2,1H3/t22-/m0/s1. The van der Waals surface area contributed by atoms with Crippen LogP contribution in [0.5, 0.6) is 11.6 Å². The number of esters is 1. The van der Waals surface area contributed by atoms with Crippen LogP contribution in [0, 0.1) is 11.6 Å². The number of hydroxylamine groups is 2. The highest BCUT2D eigenvalue weighted by Crippen LogP contribution is 2.41. The molecule has 0 spiro atoms. The van der Waals surface area contributed by atoms with E-state index in [-0.39, 0.29) is 30.2 Å². The predicted molar refractivity (Wildman–Crippen MR) is 117 cm³/mol. The smallest absolute Gasteiger partial charge is 0.482 e. The number of methoxy groups -OCH3 is 1. The van der Waals surface area contributed by atoms with E-state index >= 15 is 0 Å². The van der Waals surface area contributed by atoms with Gasteiger partial charge >= 0.3 is 12.1 Å². The highest BCUT2D eigenvalue weighted by Gasteiger charge is 2.36. The Morgan fingerprint density at radius 2 is 2.00 bits per heavy atom. The van der Waals surface area contributed by atoms with Gasteiger partial charge in [0.05, 0.1) is 7.11 Å². The van der Waals surface area contributed by atoms with Crippen molar-refractivity contribution in [1.29, 1.82) is 0 Å². The molecule has 3 aromatic rings. The van der Waals surface area contributed by atoms with Crippen LogP contribution >= 0.6 is 11.6 Å². The Bertz CT molecular complexity index is 1250. The van der Waals surface area contributed by atoms with E-state index in [9.17, 15) is 18.4 Å². The van der Waals surface area contributed by atoms with Crippen LogP contribution in [0.1, 0.15) is 22.7 Å². The number of hydrogen-bond acceptors (Lipinski definition) is 9. The lowest BCUT2D eigenvalue weighted by atomic mass is 9.88. The van der Waals surface area contributed by atoms with Gasteiger partial charge in [0.25, 0.3) is 0 Å². The molecule has 0 N–H and O–H groups in total. The zero-order chi connectivity index (χ0) is 24.9. The molecule has 0 fully saturated rings. The summed E-state index contributed by atoms with van der Waals surface area (Å²) in [4.78, 5) is 37.1. The van der Waals surface area contributed by atoms with Gasteiger partial charge in [0.1, 0.15) is 18.1 Å². The van der Waals surface area contributed by atoms with E-state index in [1.165, 1.54) is 55.0 Å². The maximum atomic E-state index is 14.7. The highest BCUT2D eigenvalue weighted by molar-refractivity contribution is 6.30. The second kappa shape index (κ2) is 10.6. The summed E-state index contributed by atoms with van der Waals surface area (Å²) in [6.07, 6.45) is 1.49. The van der Waals surface area contributed by atoms with E-state index < -0.39 is 36.4 Å². The van der Waals surface area contributed by atoms with Gasteiger partial charge in [-0.05, 0) is 41.8 Å². The zero-order valence-corrected chi connectivity index (χ0v) is 19.0. The van der Waals surface area contributed by atoms with Crippen molar-refractivity contribution in [2.45, 2.75) is 12.5 Å². The van der Waals surface area contributed by atoms with E-state index in [1.807, 2.05) is 0 Å². The summed E-state index contributed by atoms with van der Waals surface area (Å²) in [7, 11) is 1.21. The number of ether oxygens (including phenoxy) is 3. The third-order valence-electron chi connectivity index (χ3n) is 5.17. The lowest BCUT2D eigenvalue weighted by Crippen LogP contribution is -2.39. The van der Waals surface area contributed by atoms with Crippen LogP contribution in [-0.4, -0.2) is 47.4 Å². The van der Waals surface area contributed by atoms with Gasteiger partial charge in [0.15, 0.2) is 18.2 Å². The molecule has 0 saturated carbocycles. The molecule has 2 aromatic carbocycles. The molecule has 0 amide bonds. The Morgan fingerprint density at radius 3 is 2.74 bits per heavy atom. The lowest BCUT2D eigenvalue weighted by Gasteiger charge is -2.36. The first kappa shape index (κ1) is 24.3. The lowest BCUT2D eigenvalue weighted by molar-refractivity contribution is -0.143. The highest BCUT2D eigenvalue weighted by atomic mass is 35.5. The van der Waals surface area contributed by atoms with Crippen molar-refractivity contribution in [2.24, 2.45) is 0 Å². The number of carbonyl (C=O) groups excluding carboxylic acids is 2. The number of fused-ring (bicyclic) bond motifs is 1. The van der Waals surface area contributed by atoms with Gasteiger partial charge < -0.3 is 19.0 Å². The van der Waals surface area contributed by atoms with Crippen LogP contribution in [0.25, 0.3) is 0 Å². The number of carbonyl (C=O) groups is 2. The molecule has 1 aliphatic rings. The third kappa shape index (κ3) is 5.47. The fourth-order valence-corrected chi connectivity index (χ4v) is 3.82. The Labute approximate surface area is 203 Å². The first-order chi connectivity index (χ1) is 16.9. The molecule has 35 heavy (non-hydrogen) atoms. The minimum Gasteiger partial charge on any atom is -0.482 e. The van der Waals surface area contributed by atoms with Crippen LogP contribution in [0.3, 0.4) is 0 Å². The van der Waals surface area contributed by atoms with Crippen molar-refractivity contribution < 1.29 is 37.4 Å². The van der Waals surface area contributed by atoms with E-state index in [0.717, 1.165) is 6.07 Å². The monoisotopic (exact) mass is 505 g/mol. The first-order valence-electron chi connectivity index (χ1n) is 10.3. The van der Waals surface area contributed by atoms with Gasteiger partial charge in [-0.15, -0.1) is 5.06 Å². The van der Waals surface area contributed by atoms with Gasteiger partial charge in [-0.3, -0.25) is 0 Å². The van der Waals surface area contributed by atoms with Crippen molar-refractivity contribution >= 4 is 23.7 Å². The summed E-state index contributed by atoms with van der Waals surface area (Å²) in [5, 5.41) is 1.53. The Kier molecular flexibility index (Phi) is 7.37. The first-order valence-corrected chi connectivity index (χ1v) is 10.6. The van der Waals surface area contributed by atoms with E-state index in [4.69, 9.17) is 25.9 Å². The number of halogens is 3. The SMILES string of the molecule is COC(=O)COc1ccc(Cl)cc1[C@@H]1c2ccc(F)c(F)c2CCN1OC(=O)Oc1ccncn1. The minimum absolute atomic E-state index is 0.0140. The summed E-state index contributed by atoms with van der Waals surface area (Å²) in [5.74, 6) is -2.50. The van der Waals surface area contributed by atoms with Crippen molar-refractivity contribution in [2.75, 3.05) is 20.3 Å². The average molecular weight is 506 g/mol. The number of hydrogen-bond donors (Lipinski definition) is 0. The summed E-state index contributed by atoms with van der Waals surface area (Å²) in [6, 6.07) is 7.29. The Morgan fingerprint density at radius 1 is 1.17 bits per heavy atom. The maximum Gasteiger partial charge on any atom is 0.534 e. The molecule has 9 nitrogen and oxygen atoms in total. The van der Waals surface area contributed by atoms with Crippen LogP contribution < -0.4 is 9.47 Å². The zero-order valence-electron chi connectivity index (χ0n) is 18.2. The minimum atomic E-state index is -1.11. The Balaban J connectivity index is 1.73. The fourth-order valence-electron chi connectivity index (χ4n) is 3.64. The van der Waals surface area contributed by atoms with Crippen molar-refractivity contribution in [1.82, 2.24) is 15.0 Å². The molecular formula is C23H18ClF2N3O6. The summed E-state index contributed by atoms with van der Waals surface area (Å²) < 4.78 is 43.9. The number of aromatic nitrogens is 2. The van der Waals surface area contributed by atoms with Crippen molar-refractivity contribution in [3.05, 3.63) is 82.3 Å². The average Bonchev–Trinajstić information content (AvgIpc) is 2.85. The van der Waals surface area contributed by atoms with E-state index in [0.29, 0.717) is 16.1 Å². The molecule has 1 aliphatic heterocycles. The summed E-state index contributed by atoms with van der Waals surface area (Å²) in [5.41, 5.74) is 0.760. The fraction of sp³-hybridized carbons (Fsp3) is 0.217. The number of benzene rings is 2. The molecule has 1 aromatic heterocycles. The quantitative estimate of drug-likeness (QED) is 0.459. The molecule has 12 heteroatoms. The van der Waals surface area contributed by atoms with Crippen LogP contribution in [0.4, 0.5) is 13.6 Å². The molecule has 0 saturated heterocycles. The molecule has 4 rings (SSSR count). The number of nitrogens with zero attached hydrogens (tertiary/aromatic N) is 3. The number of rotatable bonds is 6. The van der Waals surface area contributed by atoms with E-state index in [2.05, 4.69) is 14.7 Å².